The van der Waals surface area contributed by atoms with Crippen molar-refractivity contribution in [2.24, 2.45) is 7.05 Å². The number of hydrogen-bond donors (Lipinski definition) is 1. The standard InChI is InChI=1S/C14H18N2O3.C4H6N2/c1-14(2,3)19-13(18)16-7-10-4-5-12(15-9-17)6-11(10)8-16;1-6-3-2-5-4-6/h4-6,9H,7-8H2,1-3H3,(H,15,17);2-4H,1H3. The average molecular weight is 344 g/mol. The number of carbonyl (C=O) groups is 2. The molecule has 0 fully saturated rings. The summed E-state index contributed by atoms with van der Waals surface area (Å²) >= 11 is 0. The second-order valence-electron chi connectivity index (χ2n) is 6.81. The molecule has 1 aliphatic heterocycles. The lowest BCUT2D eigenvalue weighted by Gasteiger charge is -2.24. The number of aryl methyl sites for hydroxylation is 1. The number of ether oxygens (including phenoxy) is 1. The Kier molecular flexibility index (Phi) is 5.80. The Labute approximate surface area is 147 Å². The Bertz CT molecular complexity index is 720. The van der Waals surface area contributed by atoms with E-state index in [-0.39, 0.29) is 6.09 Å². The molecule has 1 aromatic heterocycles. The predicted molar refractivity (Wildman–Crippen MR) is 94.8 cm³/mol. The monoisotopic (exact) mass is 344 g/mol. The van der Waals surface area contributed by atoms with E-state index in [1.54, 1.807) is 17.4 Å². The molecule has 0 bridgehead atoms. The normalized spacial score (nSPS) is 12.7. The van der Waals surface area contributed by atoms with E-state index in [9.17, 15) is 9.59 Å². The fraction of sp³-hybridized carbons (Fsp3) is 0.389. The highest BCUT2D eigenvalue weighted by Crippen LogP contribution is 2.26. The van der Waals surface area contributed by atoms with Crippen LogP contribution in [0, 0.1) is 0 Å². The summed E-state index contributed by atoms with van der Waals surface area (Å²) in [5.74, 6) is 0. The van der Waals surface area contributed by atoms with E-state index >= 15 is 0 Å². The molecule has 134 valence electrons. The minimum atomic E-state index is -0.490. The second kappa shape index (κ2) is 7.83. The van der Waals surface area contributed by atoms with Gasteiger partial charge >= 0.3 is 6.09 Å². The van der Waals surface area contributed by atoms with Gasteiger partial charge in [0.1, 0.15) is 5.60 Å². The van der Waals surface area contributed by atoms with Crippen LogP contribution in [-0.4, -0.2) is 32.6 Å². The lowest BCUT2D eigenvalue weighted by Crippen LogP contribution is -2.33. The number of carbonyl (C=O) groups excluding carboxylic acids is 2. The molecule has 2 heterocycles. The first-order valence-corrected chi connectivity index (χ1v) is 8.00. The van der Waals surface area contributed by atoms with Crippen LogP contribution in [0.3, 0.4) is 0 Å². The highest BCUT2D eigenvalue weighted by atomic mass is 16.6. The van der Waals surface area contributed by atoms with Crippen LogP contribution >= 0.6 is 0 Å². The molecule has 0 saturated heterocycles. The molecule has 1 N–H and O–H groups in total. The van der Waals surface area contributed by atoms with Gasteiger partial charge in [0.2, 0.25) is 6.41 Å². The Morgan fingerprint density at radius 2 is 2.00 bits per heavy atom. The van der Waals surface area contributed by atoms with Crippen LogP contribution < -0.4 is 5.32 Å². The zero-order valence-electron chi connectivity index (χ0n) is 15.0. The smallest absolute Gasteiger partial charge is 0.410 e. The van der Waals surface area contributed by atoms with Crippen LogP contribution in [0.1, 0.15) is 31.9 Å². The third-order valence-electron chi connectivity index (χ3n) is 3.44. The maximum atomic E-state index is 12.0. The number of benzene rings is 1. The largest absolute Gasteiger partial charge is 0.444 e. The van der Waals surface area contributed by atoms with Gasteiger partial charge in [-0.2, -0.15) is 0 Å². The third kappa shape index (κ3) is 5.63. The molecular weight excluding hydrogens is 320 g/mol. The molecule has 3 rings (SSSR count). The van der Waals surface area contributed by atoms with E-state index in [1.165, 1.54) is 0 Å². The van der Waals surface area contributed by atoms with Crippen molar-refractivity contribution in [1.82, 2.24) is 14.5 Å². The van der Waals surface area contributed by atoms with Crippen molar-refractivity contribution < 1.29 is 14.3 Å². The van der Waals surface area contributed by atoms with Gasteiger partial charge in [-0.05, 0) is 44.0 Å². The van der Waals surface area contributed by atoms with E-state index in [1.807, 2.05) is 56.8 Å². The number of fused-ring (bicyclic) bond motifs is 1. The minimum absolute atomic E-state index is 0.311. The van der Waals surface area contributed by atoms with Crippen molar-refractivity contribution in [1.29, 1.82) is 0 Å². The van der Waals surface area contributed by atoms with E-state index in [0.29, 0.717) is 19.5 Å². The van der Waals surface area contributed by atoms with Gasteiger partial charge in [-0.25, -0.2) is 9.78 Å². The lowest BCUT2D eigenvalue weighted by atomic mass is 10.1. The number of hydrogen-bond acceptors (Lipinski definition) is 4. The molecule has 0 spiro atoms. The Balaban J connectivity index is 0.000000316. The van der Waals surface area contributed by atoms with Crippen molar-refractivity contribution in [2.45, 2.75) is 39.5 Å². The maximum absolute atomic E-state index is 12.0. The molecule has 0 atom stereocenters. The summed E-state index contributed by atoms with van der Waals surface area (Å²) in [6.45, 7) is 6.60. The van der Waals surface area contributed by atoms with Crippen molar-refractivity contribution in [3.8, 4) is 0 Å². The summed E-state index contributed by atoms with van der Waals surface area (Å²) in [7, 11) is 1.94. The van der Waals surface area contributed by atoms with E-state index in [2.05, 4.69) is 10.3 Å². The van der Waals surface area contributed by atoms with Crippen LogP contribution in [-0.2, 0) is 29.7 Å². The van der Waals surface area contributed by atoms with Crippen LogP contribution in [0.25, 0.3) is 0 Å². The predicted octanol–water partition coefficient (Wildman–Crippen LogP) is 2.93. The summed E-state index contributed by atoms with van der Waals surface area (Å²) in [5.41, 5.74) is 2.37. The summed E-state index contributed by atoms with van der Waals surface area (Å²) < 4.78 is 7.23. The van der Waals surface area contributed by atoms with Gasteiger partial charge in [0.05, 0.1) is 6.33 Å². The number of nitrogens with one attached hydrogen (secondary N) is 1. The van der Waals surface area contributed by atoms with Crippen LogP contribution in [0.15, 0.2) is 36.9 Å². The van der Waals surface area contributed by atoms with Gasteiger partial charge in [0, 0.05) is 38.2 Å². The molecule has 2 aromatic rings. The first-order chi connectivity index (χ1) is 11.8. The first kappa shape index (κ1) is 18.5. The highest BCUT2D eigenvalue weighted by Gasteiger charge is 2.27. The number of imidazole rings is 1. The molecule has 2 amide bonds. The zero-order chi connectivity index (χ0) is 18.4. The molecule has 7 heteroatoms. The second-order valence-corrected chi connectivity index (χ2v) is 6.81. The number of rotatable bonds is 2. The molecule has 0 saturated carbocycles. The van der Waals surface area contributed by atoms with E-state index in [4.69, 9.17) is 4.74 Å². The molecular formula is C18H24N4O3. The van der Waals surface area contributed by atoms with Crippen LogP contribution in [0.2, 0.25) is 0 Å². The number of aromatic nitrogens is 2. The zero-order valence-corrected chi connectivity index (χ0v) is 15.0. The first-order valence-electron chi connectivity index (χ1n) is 8.00. The van der Waals surface area contributed by atoms with Gasteiger partial charge < -0.3 is 14.6 Å². The van der Waals surface area contributed by atoms with Crippen molar-refractivity contribution in [2.75, 3.05) is 5.32 Å². The van der Waals surface area contributed by atoms with Gasteiger partial charge in [0.15, 0.2) is 0 Å². The molecule has 1 aromatic carbocycles. The third-order valence-corrected chi connectivity index (χ3v) is 3.44. The SMILES string of the molecule is CC(C)(C)OC(=O)N1Cc2ccc(NC=O)cc2C1.Cn1ccnc1. The number of anilines is 1. The average Bonchev–Trinajstić information content (AvgIpc) is 3.15. The fourth-order valence-corrected chi connectivity index (χ4v) is 2.33. The molecule has 0 aliphatic carbocycles. The van der Waals surface area contributed by atoms with E-state index in [0.717, 1.165) is 16.8 Å². The van der Waals surface area contributed by atoms with Crippen LogP contribution in [0.4, 0.5) is 10.5 Å². The highest BCUT2D eigenvalue weighted by molar-refractivity contribution is 5.73. The Hall–Kier alpha value is -2.83. The quantitative estimate of drug-likeness (QED) is 0.850. The van der Waals surface area contributed by atoms with Gasteiger partial charge in [0.25, 0.3) is 0 Å². The van der Waals surface area contributed by atoms with Gasteiger partial charge in [-0.1, -0.05) is 6.07 Å². The molecule has 0 radical (unpaired) electrons. The number of nitrogens with zero attached hydrogens (tertiary/aromatic N) is 3. The van der Waals surface area contributed by atoms with E-state index < -0.39 is 5.60 Å². The van der Waals surface area contributed by atoms with Gasteiger partial charge in [-0.3, -0.25) is 9.69 Å². The maximum Gasteiger partial charge on any atom is 0.410 e. The number of amides is 2. The topological polar surface area (TPSA) is 76.5 Å². The fourth-order valence-electron chi connectivity index (χ4n) is 2.33. The van der Waals surface area contributed by atoms with Crippen LogP contribution in [0.5, 0.6) is 0 Å². The summed E-state index contributed by atoms with van der Waals surface area (Å²) in [5, 5.41) is 2.60. The van der Waals surface area contributed by atoms with Crippen molar-refractivity contribution >= 4 is 18.2 Å². The Morgan fingerprint density at radius 3 is 2.52 bits per heavy atom. The van der Waals surface area contributed by atoms with Gasteiger partial charge in [-0.15, -0.1) is 0 Å². The molecule has 7 nitrogen and oxygen atoms in total. The summed E-state index contributed by atoms with van der Waals surface area (Å²) in [6.07, 6.45) is 5.72. The molecule has 1 aliphatic rings. The molecule has 25 heavy (non-hydrogen) atoms. The van der Waals surface area contributed by atoms with Crippen molar-refractivity contribution in [3.63, 3.8) is 0 Å². The van der Waals surface area contributed by atoms with Crippen molar-refractivity contribution in [3.05, 3.63) is 48.0 Å². The lowest BCUT2D eigenvalue weighted by molar-refractivity contribution is -0.105. The molecule has 0 unspecified atom stereocenters. The Morgan fingerprint density at radius 1 is 1.28 bits per heavy atom. The summed E-state index contributed by atoms with van der Waals surface area (Å²) in [4.78, 5) is 27.8. The summed E-state index contributed by atoms with van der Waals surface area (Å²) in [6, 6.07) is 5.63. The minimum Gasteiger partial charge on any atom is -0.444 e.